The predicted molar refractivity (Wildman–Crippen MR) is 67.9 cm³/mol. The van der Waals surface area contributed by atoms with Gasteiger partial charge in [0.1, 0.15) is 16.8 Å². The average molecular weight is 263 g/mol. The Kier molecular flexibility index (Phi) is 3.45. The standard InChI is InChI=1S/C13H11ClN2O2/c1-18-13-4-2-3-9(10(13)5-15)6-16-7-11(14)12(17)8-16/h2-4,7-8,17H,6H2,1H3. The molecule has 92 valence electrons. The van der Waals surface area contributed by atoms with E-state index >= 15 is 0 Å². The van der Waals surface area contributed by atoms with E-state index in [1.807, 2.05) is 12.1 Å². The Morgan fingerprint density at radius 1 is 1.44 bits per heavy atom. The highest BCUT2D eigenvalue weighted by atomic mass is 35.5. The summed E-state index contributed by atoms with van der Waals surface area (Å²) >= 11 is 5.77. The number of aromatic hydroxyl groups is 1. The number of hydrogen-bond acceptors (Lipinski definition) is 3. The molecule has 0 spiro atoms. The molecule has 2 aromatic rings. The van der Waals surface area contributed by atoms with Gasteiger partial charge in [-0.15, -0.1) is 0 Å². The Morgan fingerprint density at radius 2 is 2.22 bits per heavy atom. The van der Waals surface area contributed by atoms with E-state index in [9.17, 15) is 5.11 Å². The van der Waals surface area contributed by atoms with Gasteiger partial charge in [0.15, 0.2) is 5.75 Å². The van der Waals surface area contributed by atoms with Crippen LogP contribution in [0.1, 0.15) is 11.1 Å². The highest BCUT2D eigenvalue weighted by molar-refractivity contribution is 6.31. The van der Waals surface area contributed by atoms with Gasteiger partial charge in [-0.3, -0.25) is 0 Å². The molecule has 0 radical (unpaired) electrons. The van der Waals surface area contributed by atoms with Crippen molar-refractivity contribution in [3.05, 3.63) is 46.7 Å². The number of aromatic nitrogens is 1. The monoisotopic (exact) mass is 262 g/mol. The van der Waals surface area contributed by atoms with Crippen LogP contribution in [0.5, 0.6) is 11.5 Å². The van der Waals surface area contributed by atoms with Gasteiger partial charge in [-0.05, 0) is 11.6 Å². The Hall–Kier alpha value is -2.12. The van der Waals surface area contributed by atoms with E-state index in [0.29, 0.717) is 17.9 Å². The molecule has 1 N–H and O–H groups in total. The van der Waals surface area contributed by atoms with Crippen LogP contribution in [0.25, 0.3) is 0 Å². The summed E-state index contributed by atoms with van der Waals surface area (Å²) in [5.74, 6) is 0.565. The van der Waals surface area contributed by atoms with Gasteiger partial charge in [0.25, 0.3) is 0 Å². The van der Waals surface area contributed by atoms with Crippen LogP contribution < -0.4 is 4.74 Å². The van der Waals surface area contributed by atoms with Gasteiger partial charge in [-0.2, -0.15) is 5.26 Å². The summed E-state index contributed by atoms with van der Waals surface area (Å²) in [4.78, 5) is 0. The van der Waals surface area contributed by atoms with Crippen LogP contribution in [-0.4, -0.2) is 16.8 Å². The van der Waals surface area contributed by atoms with Gasteiger partial charge < -0.3 is 14.4 Å². The van der Waals surface area contributed by atoms with Crippen LogP contribution in [0.3, 0.4) is 0 Å². The van der Waals surface area contributed by atoms with Crippen LogP contribution in [-0.2, 0) is 6.54 Å². The van der Waals surface area contributed by atoms with Crippen LogP contribution in [0.15, 0.2) is 30.6 Å². The number of benzene rings is 1. The van der Waals surface area contributed by atoms with Crippen LogP contribution in [0.4, 0.5) is 0 Å². The molecule has 0 unspecified atom stereocenters. The molecule has 18 heavy (non-hydrogen) atoms. The van der Waals surface area contributed by atoms with Crippen molar-refractivity contribution in [1.82, 2.24) is 4.57 Å². The van der Waals surface area contributed by atoms with Crippen LogP contribution in [0.2, 0.25) is 5.02 Å². The largest absolute Gasteiger partial charge is 0.505 e. The van der Waals surface area contributed by atoms with Crippen LogP contribution in [0, 0.1) is 11.3 Å². The topological polar surface area (TPSA) is 58.2 Å². The molecule has 0 bridgehead atoms. The molecule has 0 fully saturated rings. The molecule has 1 aromatic heterocycles. The maximum atomic E-state index is 9.40. The Balaban J connectivity index is 2.37. The number of nitriles is 1. The van der Waals surface area contributed by atoms with Crippen molar-refractivity contribution < 1.29 is 9.84 Å². The molecule has 1 aromatic carbocycles. The summed E-state index contributed by atoms with van der Waals surface area (Å²) in [5.41, 5.74) is 1.30. The van der Waals surface area contributed by atoms with E-state index in [4.69, 9.17) is 21.6 Å². The molecule has 2 rings (SSSR count). The molecular formula is C13H11ClN2O2. The first kappa shape index (κ1) is 12.3. The summed E-state index contributed by atoms with van der Waals surface area (Å²) in [5, 5.41) is 18.8. The second-order valence-electron chi connectivity index (χ2n) is 3.77. The molecule has 0 aliphatic heterocycles. The van der Waals surface area contributed by atoms with Gasteiger partial charge >= 0.3 is 0 Å². The number of ether oxygens (including phenoxy) is 1. The normalized spacial score (nSPS) is 10.1. The van der Waals surface area contributed by atoms with E-state index in [2.05, 4.69) is 6.07 Å². The lowest BCUT2D eigenvalue weighted by atomic mass is 10.1. The third-order valence-electron chi connectivity index (χ3n) is 2.61. The zero-order valence-electron chi connectivity index (χ0n) is 9.72. The average Bonchev–Trinajstić information content (AvgIpc) is 2.68. The summed E-state index contributed by atoms with van der Waals surface area (Å²) in [6.07, 6.45) is 3.13. The van der Waals surface area contributed by atoms with Gasteiger partial charge in [0.05, 0.1) is 12.7 Å². The number of halogens is 1. The third-order valence-corrected chi connectivity index (χ3v) is 2.90. The number of nitrogens with zero attached hydrogens (tertiary/aromatic N) is 2. The summed E-state index contributed by atoms with van der Waals surface area (Å²) in [7, 11) is 1.53. The summed E-state index contributed by atoms with van der Waals surface area (Å²) in [6, 6.07) is 7.52. The summed E-state index contributed by atoms with van der Waals surface area (Å²) < 4.78 is 6.85. The number of methoxy groups -OCH3 is 1. The van der Waals surface area contributed by atoms with E-state index in [0.717, 1.165) is 5.56 Å². The Morgan fingerprint density at radius 3 is 2.78 bits per heavy atom. The lowest BCUT2D eigenvalue weighted by Crippen LogP contribution is -2.00. The molecule has 0 saturated heterocycles. The molecule has 1 heterocycles. The quantitative estimate of drug-likeness (QED) is 0.925. The molecular weight excluding hydrogens is 252 g/mol. The Bertz CT molecular complexity index is 594. The SMILES string of the molecule is COc1cccc(Cn2cc(O)c(Cl)c2)c1C#N. The molecule has 0 atom stereocenters. The van der Waals surface area contributed by atoms with Crippen molar-refractivity contribution in [2.24, 2.45) is 0 Å². The molecule has 0 aliphatic rings. The minimum Gasteiger partial charge on any atom is -0.505 e. The van der Waals surface area contributed by atoms with Crippen molar-refractivity contribution in [1.29, 1.82) is 5.26 Å². The van der Waals surface area contributed by atoms with Gasteiger partial charge in [-0.1, -0.05) is 23.7 Å². The lowest BCUT2D eigenvalue weighted by Gasteiger charge is -2.08. The fraction of sp³-hybridized carbons (Fsp3) is 0.154. The van der Waals surface area contributed by atoms with Gasteiger partial charge in [-0.25, -0.2) is 0 Å². The molecule has 0 amide bonds. The molecule has 0 saturated carbocycles. The van der Waals surface area contributed by atoms with Crippen LogP contribution >= 0.6 is 11.6 Å². The minimum absolute atomic E-state index is 0.0260. The first-order valence-electron chi connectivity index (χ1n) is 5.26. The van der Waals surface area contributed by atoms with Crippen molar-refractivity contribution >= 4 is 11.6 Å². The van der Waals surface area contributed by atoms with E-state index in [-0.39, 0.29) is 10.8 Å². The predicted octanol–water partition coefficient (Wildman–Crippen LogP) is 2.78. The number of rotatable bonds is 3. The molecule has 5 heteroatoms. The minimum atomic E-state index is 0.0260. The molecule has 4 nitrogen and oxygen atoms in total. The van der Waals surface area contributed by atoms with E-state index in [1.54, 1.807) is 16.8 Å². The van der Waals surface area contributed by atoms with Gasteiger partial charge in [0, 0.05) is 18.9 Å². The highest BCUT2D eigenvalue weighted by Gasteiger charge is 2.10. The highest BCUT2D eigenvalue weighted by Crippen LogP contribution is 2.26. The zero-order valence-corrected chi connectivity index (χ0v) is 10.5. The zero-order chi connectivity index (χ0) is 13.1. The smallest absolute Gasteiger partial charge is 0.151 e. The maximum absolute atomic E-state index is 9.40. The maximum Gasteiger partial charge on any atom is 0.151 e. The molecule has 0 aliphatic carbocycles. The lowest BCUT2D eigenvalue weighted by molar-refractivity contribution is 0.412. The summed E-state index contributed by atoms with van der Waals surface area (Å²) in [6.45, 7) is 0.445. The van der Waals surface area contributed by atoms with Crippen molar-refractivity contribution in [2.45, 2.75) is 6.54 Å². The fourth-order valence-electron chi connectivity index (χ4n) is 1.76. The second kappa shape index (κ2) is 5.03. The second-order valence-corrected chi connectivity index (χ2v) is 4.18. The van der Waals surface area contributed by atoms with E-state index in [1.165, 1.54) is 13.3 Å². The van der Waals surface area contributed by atoms with E-state index < -0.39 is 0 Å². The first-order valence-corrected chi connectivity index (χ1v) is 5.63. The Labute approximate surface area is 110 Å². The third kappa shape index (κ3) is 2.27. The van der Waals surface area contributed by atoms with Crippen molar-refractivity contribution in [3.63, 3.8) is 0 Å². The first-order chi connectivity index (χ1) is 8.65. The fourth-order valence-corrected chi connectivity index (χ4v) is 1.94. The number of hydrogen-bond donors (Lipinski definition) is 1. The van der Waals surface area contributed by atoms with Gasteiger partial charge in [0.2, 0.25) is 0 Å². The van der Waals surface area contributed by atoms with Crippen molar-refractivity contribution in [3.8, 4) is 17.6 Å². The van der Waals surface area contributed by atoms with Crippen molar-refractivity contribution in [2.75, 3.05) is 7.11 Å².